The first-order chi connectivity index (χ1) is 8.76. The smallest absolute Gasteiger partial charge is 0.224 e. The fourth-order valence-electron chi connectivity index (χ4n) is 1.40. The Morgan fingerprint density at radius 1 is 1.28 bits per heavy atom. The number of carbonyl (C=O) groups is 1. The molecular formula is C13H19NO4. The van der Waals surface area contributed by atoms with Crippen LogP contribution in [0.2, 0.25) is 0 Å². The molecule has 0 atom stereocenters. The van der Waals surface area contributed by atoms with Crippen molar-refractivity contribution >= 4 is 11.6 Å². The molecule has 0 unspecified atom stereocenters. The zero-order chi connectivity index (χ0) is 13.2. The number of benzene rings is 1. The molecule has 1 rings (SSSR count). The Morgan fingerprint density at radius 3 is 2.61 bits per heavy atom. The van der Waals surface area contributed by atoms with Crippen LogP contribution in [0.1, 0.15) is 12.8 Å². The van der Waals surface area contributed by atoms with Crippen LogP contribution in [0.25, 0.3) is 0 Å². The van der Waals surface area contributed by atoms with Gasteiger partial charge in [0.2, 0.25) is 5.91 Å². The van der Waals surface area contributed by atoms with Gasteiger partial charge in [0, 0.05) is 25.8 Å². The third-order valence-corrected chi connectivity index (χ3v) is 2.25. The van der Waals surface area contributed by atoms with Crippen LogP contribution < -0.4 is 10.1 Å². The number of hydrogen-bond acceptors (Lipinski definition) is 4. The highest BCUT2D eigenvalue weighted by atomic mass is 16.5. The summed E-state index contributed by atoms with van der Waals surface area (Å²) in [7, 11) is 1.61. The van der Waals surface area contributed by atoms with Gasteiger partial charge >= 0.3 is 0 Å². The van der Waals surface area contributed by atoms with Crippen LogP contribution in [-0.4, -0.2) is 37.9 Å². The van der Waals surface area contributed by atoms with Crippen LogP contribution in [-0.2, 0) is 9.53 Å². The first kappa shape index (κ1) is 14.5. The van der Waals surface area contributed by atoms with E-state index in [1.807, 2.05) is 0 Å². The minimum absolute atomic E-state index is 0.0159. The maximum Gasteiger partial charge on any atom is 0.224 e. The number of anilines is 1. The molecule has 0 fully saturated rings. The van der Waals surface area contributed by atoms with Gasteiger partial charge in [-0.05, 0) is 30.7 Å². The third-order valence-electron chi connectivity index (χ3n) is 2.25. The predicted octanol–water partition coefficient (Wildman–Crippen LogP) is 1.42. The molecule has 0 saturated heterocycles. The van der Waals surface area contributed by atoms with Crippen molar-refractivity contribution in [3.05, 3.63) is 24.3 Å². The lowest BCUT2D eigenvalue weighted by Crippen LogP contribution is -2.12. The third kappa shape index (κ3) is 5.65. The second-order valence-electron chi connectivity index (χ2n) is 3.74. The van der Waals surface area contributed by atoms with E-state index in [0.29, 0.717) is 25.2 Å². The van der Waals surface area contributed by atoms with Crippen molar-refractivity contribution in [3.8, 4) is 5.75 Å². The predicted molar refractivity (Wildman–Crippen MR) is 68.8 cm³/mol. The lowest BCUT2D eigenvalue weighted by atomic mass is 10.2. The Bertz CT molecular complexity index is 351. The minimum atomic E-state index is -0.0314. The number of nitrogens with one attached hydrogen (secondary N) is 1. The van der Waals surface area contributed by atoms with Crippen LogP contribution in [0.15, 0.2) is 24.3 Å². The second-order valence-corrected chi connectivity index (χ2v) is 3.74. The van der Waals surface area contributed by atoms with Gasteiger partial charge in [-0.15, -0.1) is 0 Å². The van der Waals surface area contributed by atoms with E-state index in [4.69, 9.17) is 14.6 Å². The summed E-state index contributed by atoms with van der Waals surface area (Å²) in [5.41, 5.74) is 0.730. The van der Waals surface area contributed by atoms with Gasteiger partial charge in [-0.3, -0.25) is 4.79 Å². The van der Waals surface area contributed by atoms with E-state index in [9.17, 15) is 4.79 Å². The average Bonchev–Trinajstić information content (AvgIpc) is 2.38. The van der Waals surface area contributed by atoms with E-state index in [0.717, 1.165) is 5.69 Å². The van der Waals surface area contributed by atoms with Gasteiger partial charge in [0.15, 0.2) is 0 Å². The van der Waals surface area contributed by atoms with Gasteiger partial charge in [-0.25, -0.2) is 0 Å². The molecule has 0 radical (unpaired) electrons. The second kappa shape index (κ2) is 8.49. The number of aliphatic hydroxyl groups is 1. The summed E-state index contributed by atoms with van der Waals surface area (Å²) < 4.78 is 10.1. The van der Waals surface area contributed by atoms with Crippen molar-refractivity contribution in [2.75, 3.05) is 32.2 Å². The summed E-state index contributed by atoms with van der Waals surface area (Å²) in [6, 6.07) is 7.03. The minimum Gasteiger partial charge on any atom is -0.491 e. The number of methoxy groups -OCH3 is 1. The molecule has 0 aliphatic rings. The Kier molecular flexibility index (Phi) is 6.83. The first-order valence-corrected chi connectivity index (χ1v) is 5.88. The van der Waals surface area contributed by atoms with Crippen LogP contribution in [0, 0.1) is 0 Å². The van der Waals surface area contributed by atoms with E-state index in [-0.39, 0.29) is 19.1 Å². The number of rotatable bonds is 8. The molecule has 0 aliphatic heterocycles. The number of aliphatic hydroxyl groups excluding tert-OH is 1. The van der Waals surface area contributed by atoms with Gasteiger partial charge in [0.25, 0.3) is 0 Å². The largest absolute Gasteiger partial charge is 0.491 e. The normalized spacial score (nSPS) is 10.1. The summed E-state index contributed by atoms with van der Waals surface area (Å²) in [6.45, 7) is 0.835. The van der Waals surface area contributed by atoms with Crippen molar-refractivity contribution in [1.29, 1.82) is 0 Å². The van der Waals surface area contributed by atoms with E-state index in [1.54, 1.807) is 31.4 Å². The van der Waals surface area contributed by atoms with Crippen molar-refractivity contribution in [2.24, 2.45) is 0 Å². The quantitative estimate of drug-likeness (QED) is 0.688. The number of ether oxygens (including phenoxy) is 2. The fraction of sp³-hybridized carbons (Fsp3) is 0.462. The van der Waals surface area contributed by atoms with Gasteiger partial charge in [0.05, 0.1) is 6.61 Å². The van der Waals surface area contributed by atoms with Gasteiger partial charge in [-0.1, -0.05) is 0 Å². The molecule has 0 heterocycles. The molecule has 0 spiro atoms. The molecule has 0 saturated carbocycles. The Morgan fingerprint density at radius 2 is 2.00 bits per heavy atom. The Balaban J connectivity index is 2.35. The molecule has 100 valence electrons. The van der Waals surface area contributed by atoms with E-state index >= 15 is 0 Å². The summed E-state index contributed by atoms with van der Waals surface area (Å²) in [4.78, 5) is 11.5. The zero-order valence-corrected chi connectivity index (χ0v) is 10.5. The average molecular weight is 253 g/mol. The van der Waals surface area contributed by atoms with Crippen molar-refractivity contribution in [3.63, 3.8) is 0 Å². The summed E-state index contributed by atoms with van der Waals surface area (Å²) in [5.74, 6) is 0.637. The molecule has 0 aromatic heterocycles. The lowest BCUT2D eigenvalue weighted by molar-refractivity contribution is -0.116. The highest BCUT2D eigenvalue weighted by molar-refractivity contribution is 5.90. The summed E-state index contributed by atoms with van der Waals surface area (Å²) in [6.07, 6.45) is 1.15. The monoisotopic (exact) mass is 253 g/mol. The molecule has 0 bridgehead atoms. The molecule has 1 aromatic carbocycles. The molecule has 0 aliphatic carbocycles. The van der Waals surface area contributed by atoms with Crippen LogP contribution in [0.5, 0.6) is 5.75 Å². The Hall–Kier alpha value is -1.59. The van der Waals surface area contributed by atoms with Crippen LogP contribution in [0.4, 0.5) is 5.69 Å². The molecule has 18 heavy (non-hydrogen) atoms. The van der Waals surface area contributed by atoms with E-state index < -0.39 is 0 Å². The molecule has 5 nitrogen and oxygen atoms in total. The molecule has 2 N–H and O–H groups in total. The highest BCUT2D eigenvalue weighted by Gasteiger charge is 2.02. The summed E-state index contributed by atoms with van der Waals surface area (Å²) >= 11 is 0. The number of carbonyl (C=O) groups excluding carboxylic acids is 1. The van der Waals surface area contributed by atoms with Crippen LogP contribution >= 0.6 is 0 Å². The molecule has 1 amide bonds. The maximum atomic E-state index is 11.5. The highest BCUT2D eigenvalue weighted by Crippen LogP contribution is 2.15. The fourth-order valence-corrected chi connectivity index (χ4v) is 1.40. The molecule has 1 aromatic rings. The van der Waals surface area contributed by atoms with Crippen molar-refractivity contribution in [1.82, 2.24) is 0 Å². The topological polar surface area (TPSA) is 67.8 Å². The zero-order valence-electron chi connectivity index (χ0n) is 10.5. The number of amides is 1. The van der Waals surface area contributed by atoms with E-state index in [1.165, 1.54) is 0 Å². The first-order valence-electron chi connectivity index (χ1n) is 5.88. The molecular weight excluding hydrogens is 234 g/mol. The lowest BCUT2D eigenvalue weighted by Gasteiger charge is -2.07. The maximum absolute atomic E-state index is 11.5. The summed E-state index contributed by atoms with van der Waals surface area (Å²) in [5, 5.41) is 11.4. The Labute approximate surface area is 107 Å². The standard InChI is InChI=1S/C13H19NO4/c1-17-9-2-3-13(16)14-11-4-6-12(7-5-11)18-10-8-15/h4-7,15H,2-3,8-10H2,1H3,(H,14,16). The van der Waals surface area contributed by atoms with Gasteiger partial charge in [-0.2, -0.15) is 0 Å². The van der Waals surface area contributed by atoms with E-state index in [2.05, 4.69) is 5.32 Å². The van der Waals surface area contributed by atoms with Gasteiger partial charge in [0.1, 0.15) is 12.4 Å². The van der Waals surface area contributed by atoms with Crippen LogP contribution in [0.3, 0.4) is 0 Å². The van der Waals surface area contributed by atoms with Crippen molar-refractivity contribution < 1.29 is 19.4 Å². The van der Waals surface area contributed by atoms with Crippen molar-refractivity contribution in [2.45, 2.75) is 12.8 Å². The SMILES string of the molecule is COCCCC(=O)Nc1ccc(OCCO)cc1. The van der Waals surface area contributed by atoms with Gasteiger partial charge < -0.3 is 19.9 Å². The number of hydrogen-bond donors (Lipinski definition) is 2. The molecule has 5 heteroatoms.